The Morgan fingerprint density at radius 2 is 1.71 bits per heavy atom. The van der Waals surface area contributed by atoms with Gasteiger partial charge in [0.25, 0.3) is 0 Å². The Hall–Kier alpha value is -3.79. The molecule has 0 aromatic heterocycles. The quantitative estimate of drug-likeness (QED) is 0.130. The molecule has 0 radical (unpaired) electrons. The van der Waals surface area contributed by atoms with Crippen LogP contribution in [0, 0.1) is 33.8 Å². The van der Waals surface area contributed by atoms with E-state index < -0.39 is 58.1 Å². The summed E-state index contributed by atoms with van der Waals surface area (Å²) < 4.78 is 48.8. The number of hydrogen-bond acceptors (Lipinski definition) is 8. The molecule has 298 valence electrons. The molecular formula is C42H51Cl2F2N3O6. The van der Waals surface area contributed by atoms with Crippen LogP contribution >= 0.6 is 23.2 Å². The number of nitrogens with one attached hydrogen (secondary N) is 2. The lowest BCUT2D eigenvalue weighted by Gasteiger charge is -2.37. The van der Waals surface area contributed by atoms with E-state index in [9.17, 15) is 20.0 Å². The van der Waals surface area contributed by atoms with Gasteiger partial charge in [-0.3, -0.25) is 4.79 Å². The van der Waals surface area contributed by atoms with Crippen molar-refractivity contribution >= 4 is 40.8 Å². The first-order valence-corrected chi connectivity index (χ1v) is 18.9. The summed E-state index contributed by atoms with van der Waals surface area (Å²) in [6, 6.07) is 13.5. The van der Waals surface area contributed by atoms with Crippen LogP contribution in [-0.2, 0) is 20.7 Å². The van der Waals surface area contributed by atoms with Gasteiger partial charge < -0.3 is 30.0 Å². The first kappa shape index (κ1) is 43.9. The monoisotopic (exact) mass is 801 g/mol. The highest BCUT2D eigenvalue weighted by Gasteiger charge is 2.59. The zero-order chi connectivity index (χ0) is 40.9. The fourth-order valence-electron chi connectivity index (χ4n) is 7.08. The Balaban J connectivity index is 1.68. The van der Waals surface area contributed by atoms with Crippen LogP contribution in [0.25, 0.3) is 0 Å². The van der Waals surface area contributed by atoms with E-state index in [1.807, 2.05) is 34.6 Å². The van der Waals surface area contributed by atoms with E-state index in [-0.39, 0.29) is 56.6 Å². The second-order valence-corrected chi connectivity index (χ2v) is 17.4. The van der Waals surface area contributed by atoms with Crippen LogP contribution in [0.1, 0.15) is 95.1 Å². The lowest BCUT2D eigenvalue weighted by molar-refractivity contribution is -0.118. The third-order valence-corrected chi connectivity index (χ3v) is 10.5. The van der Waals surface area contributed by atoms with Gasteiger partial charge >= 0.3 is 5.97 Å². The van der Waals surface area contributed by atoms with E-state index in [1.165, 1.54) is 49.6 Å². The summed E-state index contributed by atoms with van der Waals surface area (Å²) >= 11 is 12.3. The molecule has 1 fully saturated rings. The van der Waals surface area contributed by atoms with Gasteiger partial charge in [0.2, 0.25) is 5.91 Å². The number of nitriles is 1. The smallest absolute Gasteiger partial charge is 0.338 e. The van der Waals surface area contributed by atoms with E-state index in [0.717, 1.165) is 6.07 Å². The Morgan fingerprint density at radius 1 is 1.00 bits per heavy atom. The second kappa shape index (κ2) is 17.6. The average molecular weight is 803 g/mol. The van der Waals surface area contributed by atoms with Crippen molar-refractivity contribution in [3.05, 3.63) is 93.0 Å². The van der Waals surface area contributed by atoms with E-state index in [2.05, 4.69) is 16.7 Å². The van der Waals surface area contributed by atoms with Gasteiger partial charge in [-0.1, -0.05) is 62.2 Å². The predicted molar refractivity (Wildman–Crippen MR) is 210 cm³/mol. The maximum atomic E-state index is 16.1. The normalized spacial score (nSPS) is 20.2. The molecule has 3 N–H and O–H groups in total. The van der Waals surface area contributed by atoms with Crippen molar-refractivity contribution in [1.29, 1.82) is 5.26 Å². The minimum absolute atomic E-state index is 0.00816. The zero-order valence-electron chi connectivity index (χ0n) is 32.6. The molecule has 55 heavy (non-hydrogen) atoms. The van der Waals surface area contributed by atoms with Crippen LogP contribution in [-0.4, -0.2) is 60.6 Å². The second-order valence-electron chi connectivity index (χ2n) is 16.5. The summed E-state index contributed by atoms with van der Waals surface area (Å²) in [6.45, 7) is 13.5. The predicted octanol–water partition coefficient (Wildman–Crippen LogP) is 9.03. The number of aliphatic hydroxyl groups is 1. The number of methoxy groups -OCH3 is 1. The molecular weight excluding hydrogens is 751 g/mol. The molecule has 1 aliphatic heterocycles. The van der Waals surface area contributed by atoms with Crippen molar-refractivity contribution in [1.82, 2.24) is 5.32 Å². The van der Waals surface area contributed by atoms with Gasteiger partial charge in [-0.05, 0) is 99.9 Å². The van der Waals surface area contributed by atoms with Crippen LogP contribution in [0.3, 0.4) is 0 Å². The van der Waals surface area contributed by atoms with Gasteiger partial charge in [-0.2, -0.15) is 5.26 Å². The highest BCUT2D eigenvalue weighted by atomic mass is 35.5. The number of benzene rings is 3. The van der Waals surface area contributed by atoms with Crippen molar-refractivity contribution < 1.29 is 37.7 Å². The zero-order valence-corrected chi connectivity index (χ0v) is 34.1. The van der Waals surface area contributed by atoms with Crippen molar-refractivity contribution in [2.45, 2.75) is 103 Å². The first-order chi connectivity index (χ1) is 25.7. The van der Waals surface area contributed by atoms with Crippen molar-refractivity contribution in [2.24, 2.45) is 10.8 Å². The number of aliphatic hydroxyl groups excluding tert-OH is 1. The van der Waals surface area contributed by atoms with E-state index in [0.29, 0.717) is 25.9 Å². The molecule has 13 heteroatoms. The molecule has 1 saturated heterocycles. The number of ether oxygens (including phenoxy) is 3. The largest absolute Gasteiger partial charge is 0.495 e. The molecule has 4 atom stereocenters. The lowest BCUT2D eigenvalue weighted by Crippen LogP contribution is -2.43. The first-order valence-electron chi connectivity index (χ1n) is 18.2. The number of nitrogens with zero attached hydrogens (tertiary/aromatic N) is 1. The summed E-state index contributed by atoms with van der Waals surface area (Å²) in [7, 11) is 1.38. The summed E-state index contributed by atoms with van der Waals surface area (Å²) in [6.07, 6.45) is 1.07. The molecule has 0 saturated carbocycles. The fraction of sp³-hybridized carbons (Fsp3) is 0.500. The maximum Gasteiger partial charge on any atom is 0.338 e. The summed E-state index contributed by atoms with van der Waals surface area (Å²) in [4.78, 5) is 27.7. The molecule has 1 heterocycles. The van der Waals surface area contributed by atoms with Crippen LogP contribution in [0.4, 0.5) is 14.5 Å². The number of halogens is 4. The molecule has 4 rings (SSSR count). The van der Waals surface area contributed by atoms with Crippen LogP contribution < -0.4 is 15.4 Å². The van der Waals surface area contributed by atoms with Crippen molar-refractivity contribution in [3.8, 4) is 11.8 Å². The third kappa shape index (κ3) is 10.7. The average Bonchev–Trinajstić information content (AvgIpc) is 3.38. The molecule has 9 nitrogen and oxygen atoms in total. The lowest BCUT2D eigenvalue weighted by atomic mass is 9.63. The number of esters is 1. The molecule has 3 aromatic carbocycles. The number of amides is 1. The minimum atomic E-state index is -1.54. The molecule has 0 aliphatic carbocycles. The van der Waals surface area contributed by atoms with Crippen molar-refractivity contribution in [3.63, 3.8) is 0 Å². The summed E-state index contributed by atoms with van der Waals surface area (Å²) in [5.41, 5.74) is -2.74. The maximum absolute atomic E-state index is 16.1. The molecule has 0 unspecified atom stereocenters. The number of rotatable bonds is 15. The standard InChI is InChI=1S/C42H51Cl2F2N3O6/c1-39(2,3)23-33-42(24-47,22-26-12-14-27(43)21-30(26)45)34(28-10-9-11-29(44)35(28)46)36(49-33)37(51)48-31-15-13-25(20-32(31)53-8)38(52)55-41(6,7)17-19-54-40(4,5)16-18-50/h9-15,20-21,33-34,36,49-50H,16-19,22-23H2,1-8H3,(H,48,51)/t33-,34-,36+,42+/m0/s1. The van der Waals surface area contributed by atoms with Crippen LogP contribution in [0.2, 0.25) is 10.0 Å². The number of carbonyl (C=O) groups is 2. The van der Waals surface area contributed by atoms with Gasteiger partial charge in [0.05, 0.1) is 53.1 Å². The van der Waals surface area contributed by atoms with Crippen molar-refractivity contribution in [2.75, 3.05) is 25.6 Å². The van der Waals surface area contributed by atoms with E-state index >= 15 is 8.78 Å². The van der Waals surface area contributed by atoms with Gasteiger partial charge in [0.1, 0.15) is 23.0 Å². The Kier molecular flexibility index (Phi) is 14.0. The summed E-state index contributed by atoms with van der Waals surface area (Å²) in [5, 5.41) is 26.6. The highest BCUT2D eigenvalue weighted by molar-refractivity contribution is 6.31. The van der Waals surface area contributed by atoms with Crippen LogP contribution in [0.15, 0.2) is 54.6 Å². The van der Waals surface area contributed by atoms with Gasteiger partial charge in [-0.15, -0.1) is 0 Å². The highest BCUT2D eigenvalue weighted by Crippen LogP contribution is 2.52. The van der Waals surface area contributed by atoms with Crippen LogP contribution in [0.5, 0.6) is 5.75 Å². The number of carbonyl (C=O) groups excluding carboxylic acids is 2. The van der Waals surface area contributed by atoms with Gasteiger partial charge in [0.15, 0.2) is 0 Å². The SMILES string of the molecule is COc1cc(C(=O)OC(C)(C)CCOC(C)(C)CCO)ccc1NC(=O)[C@@H]1N[C@@H](CC(C)(C)C)[C@](C#N)(Cc2ccc(Cl)cc2F)[C@H]1c1cccc(Cl)c1F. The Labute approximate surface area is 332 Å². The summed E-state index contributed by atoms with van der Waals surface area (Å²) in [5.74, 6) is -3.64. The molecule has 0 bridgehead atoms. The van der Waals surface area contributed by atoms with E-state index in [4.69, 9.17) is 37.4 Å². The number of hydrogen-bond donors (Lipinski definition) is 3. The van der Waals surface area contributed by atoms with Gasteiger partial charge in [0, 0.05) is 30.0 Å². The minimum Gasteiger partial charge on any atom is -0.495 e. The number of anilines is 1. The van der Waals surface area contributed by atoms with Gasteiger partial charge in [-0.25, -0.2) is 13.6 Å². The molecule has 3 aromatic rings. The topological polar surface area (TPSA) is 130 Å². The van der Waals surface area contributed by atoms with E-state index in [1.54, 1.807) is 19.9 Å². The Morgan fingerprint density at radius 3 is 2.33 bits per heavy atom. The molecule has 0 spiro atoms. The third-order valence-electron chi connectivity index (χ3n) is 9.99. The molecule has 1 amide bonds. The Bertz CT molecular complexity index is 1910. The fourth-order valence-corrected chi connectivity index (χ4v) is 7.42. The molecule has 1 aliphatic rings.